The van der Waals surface area contributed by atoms with Gasteiger partial charge in [-0.1, -0.05) is 11.6 Å². The van der Waals surface area contributed by atoms with Crippen molar-refractivity contribution in [2.45, 2.75) is 13.0 Å². The van der Waals surface area contributed by atoms with Crippen molar-refractivity contribution in [3.63, 3.8) is 0 Å². The fourth-order valence-electron chi connectivity index (χ4n) is 1.03. The van der Waals surface area contributed by atoms with E-state index in [4.69, 9.17) is 22.4 Å². The van der Waals surface area contributed by atoms with E-state index in [0.29, 0.717) is 6.07 Å². The first kappa shape index (κ1) is 11.7. The van der Waals surface area contributed by atoms with E-state index in [1.165, 1.54) is 6.92 Å². The Bertz CT molecular complexity index is 420. The highest BCUT2D eigenvalue weighted by Crippen LogP contribution is 2.37. The fourth-order valence-corrected chi connectivity index (χ4v) is 1.22. The SMILES string of the molecule is CC(N)C(=O)c1cc(F)c(O)c(Cl)c1O. The molecule has 0 saturated carbocycles. The molecule has 82 valence electrons. The summed E-state index contributed by atoms with van der Waals surface area (Å²) in [6.07, 6.45) is 0. The largest absolute Gasteiger partial charge is 0.505 e. The zero-order valence-electron chi connectivity index (χ0n) is 7.79. The highest BCUT2D eigenvalue weighted by Gasteiger charge is 2.22. The molecule has 1 rings (SSSR count). The molecule has 1 aromatic carbocycles. The van der Waals surface area contributed by atoms with Crippen LogP contribution in [-0.2, 0) is 0 Å². The molecule has 0 aliphatic heterocycles. The van der Waals surface area contributed by atoms with Gasteiger partial charge in [-0.3, -0.25) is 4.79 Å². The van der Waals surface area contributed by atoms with Crippen LogP contribution in [0.15, 0.2) is 6.07 Å². The molecular weight excluding hydrogens is 225 g/mol. The molecule has 1 aromatic rings. The van der Waals surface area contributed by atoms with Crippen molar-refractivity contribution in [2.24, 2.45) is 5.73 Å². The molecule has 0 aliphatic rings. The van der Waals surface area contributed by atoms with Crippen LogP contribution in [0.5, 0.6) is 11.5 Å². The predicted octanol–water partition coefficient (Wildman–Crippen LogP) is 1.42. The minimum atomic E-state index is -1.08. The number of phenolic OH excluding ortho intramolecular Hbond substituents is 2. The molecule has 0 fully saturated rings. The molecule has 0 amide bonds. The topological polar surface area (TPSA) is 83.6 Å². The summed E-state index contributed by atoms with van der Waals surface area (Å²) in [4.78, 5) is 11.4. The lowest BCUT2D eigenvalue weighted by Crippen LogP contribution is -2.26. The van der Waals surface area contributed by atoms with E-state index in [2.05, 4.69) is 0 Å². The van der Waals surface area contributed by atoms with E-state index >= 15 is 0 Å². The van der Waals surface area contributed by atoms with Gasteiger partial charge in [0.1, 0.15) is 10.8 Å². The van der Waals surface area contributed by atoms with Gasteiger partial charge >= 0.3 is 0 Å². The number of ketones is 1. The van der Waals surface area contributed by atoms with Crippen molar-refractivity contribution in [3.05, 3.63) is 22.5 Å². The van der Waals surface area contributed by atoms with Gasteiger partial charge in [0.25, 0.3) is 0 Å². The molecule has 4 N–H and O–H groups in total. The Balaban J connectivity index is 3.39. The van der Waals surface area contributed by atoms with Gasteiger partial charge in [0.2, 0.25) is 0 Å². The van der Waals surface area contributed by atoms with Crippen LogP contribution in [0.25, 0.3) is 0 Å². The quantitative estimate of drug-likeness (QED) is 0.675. The minimum absolute atomic E-state index is 0.342. The van der Waals surface area contributed by atoms with Gasteiger partial charge in [-0.2, -0.15) is 0 Å². The van der Waals surface area contributed by atoms with Crippen molar-refractivity contribution < 1.29 is 19.4 Å². The number of phenols is 2. The van der Waals surface area contributed by atoms with Crippen LogP contribution in [0.4, 0.5) is 4.39 Å². The number of carbonyl (C=O) groups is 1. The van der Waals surface area contributed by atoms with Crippen LogP contribution in [0, 0.1) is 5.82 Å². The van der Waals surface area contributed by atoms with E-state index in [-0.39, 0.29) is 5.56 Å². The summed E-state index contributed by atoms with van der Waals surface area (Å²) >= 11 is 5.40. The molecule has 0 saturated heterocycles. The third-order valence-electron chi connectivity index (χ3n) is 1.85. The zero-order valence-corrected chi connectivity index (χ0v) is 8.55. The molecule has 1 atom stereocenters. The van der Waals surface area contributed by atoms with Gasteiger partial charge in [0, 0.05) is 0 Å². The minimum Gasteiger partial charge on any atom is -0.505 e. The van der Waals surface area contributed by atoms with Crippen LogP contribution in [0.1, 0.15) is 17.3 Å². The predicted molar refractivity (Wildman–Crippen MR) is 52.7 cm³/mol. The Labute approximate surface area is 90.1 Å². The summed E-state index contributed by atoms with van der Waals surface area (Å²) in [5.74, 6) is -3.30. The van der Waals surface area contributed by atoms with Crippen LogP contribution in [-0.4, -0.2) is 22.0 Å². The number of carbonyl (C=O) groups excluding carboxylic acids is 1. The number of hydrogen-bond donors (Lipinski definition) is 3. The van der Waals surface area contributed by atoms with E-state index in [1.54, 1.807) is 0 Å². The van der Waals surface area contributed by atoms with Crippen LogP contribution < -0.4 is 5.73 Å². The zero-order chi connectivity index (χ0) is 11.7. The molecule has 0 heterocycles. The second-order valence-electron chi connectivity index (χ2n) is 3.07. The highest BCUT2D eigenvalue weighted by molar-refractivity contribution is 6.34. The van der Waals surface area contributed by atoms with Gasteiger partial charge in [0.15, 0.2) is 17.3 Å². The van der Waals surface area contributed by atoms with Crippen molar-refractivity contribution >= 4 is 17.4 Å². The van der Waals surface area contributed by atoms with E-state index in [0.717, 1.165) is 0 Å². The van der Waals surface area contributed by atoms with Crippen LogP contribution in [0.3, 0.4) is 0 Å². The first-order valence-corrected chi connectivity index (χ1v) is 4.43. The van der Waals surface area contributed by atoms with Gasteiger partial charge < -0.3 is 15.9 Å². The smallest absolute Gasteiger partial charge is 0.183 e. The summed E-state index contributed by atoms with van der Waals surface area (Å²) < 4.78 is 13.0. The Morgan fingerprint density at radius 1 is 1.53 bits per heavy atom. The molecule has 4 nitrogen and oxygen atoms in total. The number of halogens is 2. The van der Waals surface area contributed by atoms with Crippen molar-refractivity contribution in [3.8, 4) is 11.5 Å². The summed E-state index contributed by atoms with van der Waals surface area (Å²) in [5, 5.41) is 17.8. The van der Waals surface area contributed by atoms with Crippen molar-refractivity contribution in [2.75, 3.05) is 0 Å². The Hall–Kier alpha value is -1.33. The molecule has 15 heavy (non-hydrogen) atoms. The summed E-state index contributed by atoms with van der Waals surface area (Å²) in [7, 11) is 0. The summed E-state index contributed by atoms with van der Waals surface area (Å²) in [6.45, 7) is 1.39. The lowest BCUT2D eigenvalue weighted by molar-refractivity contribution is 0.0965. The number of hydrogen-bond acceptors (Lipinski definition) is 4. The number of nitrogens with two attached hydrogens (primary N) is 1. The number of Topliss-reactive ketones (excluding diaryl/α,β-unsaturated/α-hetero) is 1. The molecule has 0 spiro atoms. The fraction of sp³-hybridized carbons (Fsp3) is 0.222. The molecule has 0 radical (unpaired) electrons. The van der Waals surface area contributed by atoms with Gasteiger partial charge in [-0.05, 0) is 13.0 Å². The summed E-state index contributed by atoms with van der Waals surface area (Å²) in [6, 6.07) is -0.196. The first-order valence-electron chi connectivity index (χ1n) is 4.06. The molecule has 0 aromatic heterocycles. The Morgan fingerprint density at radius 2 is 2.07 bits per heavy atom. The number of benzene rings is 1. The van der Waals surface area contributed by atoms with Crippen LogP contribution in [0.2, 0.25) is 5.02 Å². The van der Waals surface area contributed by atoms with E-state index < -0.39 is 34.2 Å². The maximum atomic E-state index is 13.0. The van der Waals surface area contributed by atoms with E-state index in [1.807, 2.05) is 0 Å². The molecule has 0 bridgehead atoms. The number of aromatic hydroxyl groups is 2. The normalized spacial score (nSPS) is 12.5. The molecule has 6 heteroatoms. The van der Waals surface area contributed by atoms with Crippen molar-refractivity contribution in [1.29, 1.82) is 0 Å². The Kier molecular flexibility index (Phi) is 3.16. The first-order chi connectivity index (χ1) is 6.86. The van der Waals surface area contributed by atoms with Gasteiger partial charge in [-0.15, -0.1) is 0 Å². The maximum Gasteiger partial charge on any atom is 0.183 e. The van der Waals surface area contributed by atoms with E-state index in [9.17, 15) is 14.3 Å². The van der Waals surface area contributed by atoms with Gasteiger partial charge in [0.05, 0.1) is 11.6 Å². The molecule has 1 unspecified atom stereocenters. The average Bonchev–Trinajstić information content (AvgIpc) is 2.19. The Morgan fingerprint density at radius 3 is 2.53 bits per heavy atom. The molecular formula is C9H9ClFNO3. The van der Waals surface area contributed by atoms with Gasteiger partial charge in [-0.25, -0.2) is 4.39 Å². The lowest BCUT2D eigenvalue weighted by Gasteiger charge is -2.09. The monoisotopic (exact) mass is 233 g/mol. The second kappa shape index (κ2) is 4.04. The average molecular weight is 234 g/mol. The number of rotatable bonds is 2. The maximum absolute atomic E-state index is 13.0. The third-order valence-corrected chi connectivity index (χ3v) is 2.21. The van der Waals surface area contributed by atoms with Crippen molar-refractivity contribution in [1.82, 2.24) is 0 Å². The molecule has 0 aliphatic carbocycles. The standard InChI is InChI=1S/C9H9ClFNO3/c1-3(12)7(13)4-2-5(11)9(15)6(10)8(4)14/h2-3,14-15H,12H2,1H3. The highest BCUT2D eigenvalue weighted by atomic mass is 35.5. The van der Waals surface area contributed by atoms with Crippen LogP contribution >= 0.6 is 11.6 Å². The third kappa shape index (κ3) is 2.03. The summed E-state index contributed by atoms with van der Waals surface area (Å²) in [5.41, 5.74) is 4.94. The second-order valence-corrected chi connectivity index (χ2v) is 3.45. The lowest BCUT2D eigenvalue weighted by atomic mass is 10.0.